The van der Waals surface area contributed by atoms with Gasteiger partial charge >= 0.3 is 0 Å². The number of aryl methyl sites for hydroxylation is 1. The average molecular weight is 268 g/mol. The van der Waals surface area contributed by atoms with E-state index in [1.54, 1.807) is 0 Å². The maximum Gasteiger partial charge on any atom is 0.180 e. The van der Waals surface area contributed by atoms with E-state index in [1.165, 1.54) is 25.7 Å². The molecular formula is C16H20N4. The lowest BCUT2D eigenvalue weighted by atomic mass is 10.0. The van der Waals surface area contributed by atoms with Crippen LogP contribution in [0.1, 0.15) is 43.0 Å². The number of pyridine rings is 1. The summed E-state index contributed by atoms with van der Waals surface area (Å²) in [6.45, 7) is 1.99. The summed E-state index contributed by atoms with van der Waals surface area (Å²) in [5.41, 5.74) is 2.99. The highest BCUT2D eigenvalue weighted by Gasteiger charge is 2.20. The summed E-state index contributed by atoms with van der Waals surface area (Å²) in [5, 5.41) is 3.14. The first-order valence-electron chi connectivity index (χ1n) is 7.27. The predicted octanol–water partition coefficient (Wildman–Crippen LogP) is 3.55. The number of rotatable bonds is 3. The lowest BCUT2D eigenvalue weighted by Gasteiger charge is -2.12. The van der Waals surface area contributed by atoms with Crippen LogP contribution in [0.25, 0.3) is 11.5 Å². The molecule has 104 valence electrons. The Morgan fingerprint density at radius 1 is 1.10 bits per heavy atom. The molecule has 4 heteroatoms. The van der Waals surface area contributed by atoms with Crippen molar-refractivity contribution < 1.29 is 0 Å². The highest BCUT2D eigenvalue weighted by atomic mass is 15.0. The van der Waals surface area contributed by atoms with E-state index < -0.39 is 0 Å². The van der Waals surface area contributed by atoms with Crippen molar-refractivity contribution >= 4 is 5.82 Å². The van der Waals surface area contributed by atoms with Gasteiger partial charge in [-0.05, 0) is 31.9 Å². The molecule has 0 amide bonds. The molecule has 2 aromatic rings. The van der Waals surface area contributed by atoms with Crippen molar-refractivity contribution in [1.82, 2.24) is 15.0 Å². The molecule has 0 aromatic carbocycles. The molecule has 0 unspecified atom stereocenters. The van der Waals surface area contributed by atoms with Crippen molar-refractivity contribution in [2.45, 2.75) is 38.5 Å². The maximum absolute atomic E-state index is 4.76. The van der Waals surface area contributed by atoms with Gasteiger partial charge in [0, 0.05) is 30.4 Å². The highest BCUT2D eigenvalue weighted by molar-refractivity contribution is 5.53. The van der Waals surface area contributed by atoms with Crippen LogP contribution in [0, 0.1) is 6.92 Å². The molecule has 2 heterocycles. The van der Waals surface area contributed by atoms with Crippen molar-refractivity contribution in [3.05, 3.63) is 35.7 Å². The largest absolute Gasteiger partial charge is 0.373 e. The van der Waals surface area contributed by atoms with Gasteiger partial charge in [-0.1, -0.05) is 18.9 Å². The fourth-order valence-corrected chi connectivity index (χ4v) is 2.81. The molecule has 0 spiro atoms. The second-order valence-electron chi connectivity index (χ2n) is 5.40. The van der Waals surface area contributed by atoms with Crippen LogP contribution >= 0.6 is 0 Å². The summed E-state index contributed by atoms with van der Waals surface area (Å²) in [6.07, 6.45) is 5.09. The maximum atomic E-state index is 4.76. The smallest absolute Gasteiger partial charge is 0.180 e. The first-order chi connectivity index (χ1) is 9.76. The van der Waals surface area contributed by atoms with Gasteiger partial charge < -0.3 is 5.32 Å². The lowest BCUT2D eigenvalue weighted by Crippen LogP contribution is -2.04. The molecule has 2 aromatic heterocycles. The number of aromatic nitrogens is 3. The van der Waals surface area contributed by atoms with Crippen LogP contribution in [0.5, 0.6) is 0 Å². The predicted molar refractivity (Wildman–Crippen MR) is 80.8 cm³/mol. The van der Waals surface area contributed by atoms with Crippen LogP contribution < -0.4 is 5.32 Å². The summed E-state index contributed by atoms with van der Waals surface area (Å²) < 4.78 is 0. The number of hydrogen-bond acceptors (Lipinski definition) is 4. The topological polar surface area (TPSA) is 50.7 Å². The summed E-state index contributed by atoms with van der Waals surface area (Å²) in [5.74, 6) is 2.18. The standard InChI is InChI=1S/C16H20N4/c1-11-6-5-9-13(18-11)16-19-14(10-15(17-2)20-16)12-7-3-4-8-12/h5-6,9-10,12H,3-4,7-8H2,1-2H3,(H,17,19,20). The number of anilines is 1. The van der Waals surface area contributed by atoms with Gasteiger partial charge in [-0.2, -0.15) is 0 Å². The van der Waals surface area contributed by atoms with Gasteiger partial charge in [0.25, 0.3) is 0 Å². The van der Waals surface area contributed by atoms with Crippen molar-refractivity contribution in [2.24, 2.45) is 0 Å². The quantitative estimate of drug-likeness (QED) is 0.925. The van der Waals surface area contributed by atoms with E-state index in [1.807, 2.05) is 32.2 Å². The molecule has 1 fully saturated rings. The summed E-state index contributed by atoms with van der Waals surface area (Å²) in [7, 11) is 1.90. The average Bonchev–Trinajstić information content (AvgIpc) is 3.01. The minimum absolute atomic E-state index is 0.577. The zero-order valence-electron chi connectivity index (χ0n) is 12.1. The third kappa shape index (κ3) is 2.64. The van der Waals surface area contributed by atoms with E-state index in [2.05, 4.69) is 21.4 Å². The molecule has 1 aliphatic rings. The molecule has 0 bridgehead atoms. The highest BCUT2D eigenvalue weighted by Crippen LogP contribution is 2.34. The molecule has 4 nitrogen and oxygen atoms in total. The zero-order chi connectivity index (χ0) is 13.9. The molecule has 0 saturated heterocycles. The second kappa shape index (κ2) is 5.57. The molecule has 1 saturated carbocycles. The third-order valence-electron chi connectivity index (χ3n) is 3.89. The third-order valence-corrected chi connectivity index (χ3v) is 3.89. The molecule has 0 atom stereocenters. The fraction of sp³-hybridized carbons (Fsp3) is 0.438. The van der Waals surface area contributed by atoms with Gasteiger partial charge in [0.15, 0.2) is 5.82 Å². The molecule has 3 rings (SSSR count). The van der Waals surface area contributed by atoms with Crippen LogP contribution in [0.15, 0.2) is 24.3 Å². The monoisotopic (exact) mass is 268 g/mol. The van der Waals surface area contributed by atoms with Gasteiger partial charge in [0.2, 0.25) is 0 Å². The van der Waals surface area contributed by atoms with Crippen LogP contribution in [-0.4, -0.2) is 22.0 Å². The molecule has 0 radical (unpaired) electrons. The number of hydrogen-bond donors (Lipinski definition) is 1. The van der Waals surface area contributed by atoms with Gasteiger partial charge in [-0.15, -0.1) is 0 Å². The molecule has 1 aliphatic carbocycles. The summed E-state index contributed by atoms with van der Waals surface area (Å²) in [4.78, 5) is 13.8. The van der Waals surface area contributed by atoms with Crippen LogP contribution in [-0.2, 0) is 0 Å². The Balaban J connectivity index is 2.03. The lowest BCUT2D eigenvalue weighted by molar-refractivity contribution is 0.695. The van der Waals surface area contributed by atoms with E-state index in [9.17, 15) is 0 Å². The van der Waals surface area contributed by atoms with Crippen LogP contribution in [0.2, 0.25) is 0 Å². The number of nitrogens with one attached hydrogen (secondary N) is 1. The van der Waals surface area contributed by atoms with E-state index in [0.717, 1.165) is 28.7 Å². The Morgan fingerprint density at radius 2 is 1.90 bits per heavy atom. The van der Waals surface area contributed by atoms with Crippen molar-refractivity contribution in [1.29, 1.82) is 0 Å². The number of nitrogens with zero attached hydrogens (tertiary/aromatic N) is 3. The van der Waals surface area contributed by atoms with Gasteiger partial charge in [-0.25, -0.2) is 15.0 Å². The summed E-state index contributed by atoms with van der Waals surface area (Å²) in [6, 6.07) is 8.04. The Hall–Kier alpha value is -1.97. The van der Waals surface area contributed by atoms with E-state index >= 15 is 0 Å². The Kier molecular flexibility index (Phi) is 3.63. The van der Waals surface area contributed by atoms with Crippen molar-refractivity contribution in [3.63, 3.8) is 0 Å². The molecule has 1 N–H and O–H groups in total. The van der Waals surface area contributed by atoms with Crippen molar-refractivity contribution in [3.8, 4) is 11.5 Å². The first kappa shape index (κ1) is 13.0. The van der Waals surface area contributed by atoms with E-state index in [-0.39, 0.29) is 0 Å². The molecular weight excluding hydrogens is 248 g/mol. The van der Waals surface area contributed by atoms with Crippen LogP contribution in [0.4, 0.5) is 5.82 Å². The molecule has 20 heavy (non-hydrogen) atoms. The first-order valence-corrected chi connectivity index (χ1v) is 7.27. The summed E-state index contributed by atoms with van der Waals surface area (Å²) >= 11 is 0. The zero-order valence-corrected chi connectivity index (χ0v) is 12.1. The van der Waals surface area contributed by atoms with E-state index in [4.69, 9.17) is 4.98 Å². The SMILES string of the molecule is CNc1cc(C2CCCC2)nc(-c2cccc(C)n2)n1. The van der Waals surface area contributed by atoms with Crippen LogP contribution in [0.3, 0.4) is 0 Å². The molecule has 0 aliphatic heterocycles. The van der Waals surface area contributed by atoms with Crippen molar-refractivity contribution in [2.75, 3.05) is 12.4 Å². The van der Waals surface area contributed by atoms with Gasteiger partial charge in [0.1, 0.15) is 11.5 Å². The van der Waals surface area contributed by atoms with E-state index in [0.29, 0.717) is 5.92 Å². The Labute approximate surface area is 119 Å². The normalized spacial score (nSPS) is 15.5. The van der Waals surface area contributed by atoms with Gasteiger partial charge in [-0.3, -0.25) is 0 Å². The minimum Gasteiger partial charge on any atom is -0.373 e. The Bertz CT molecular complexity index is 603. The minimum atomic E-state index is 0.577. The van der Waals surface area contributed by atoms with Gasteiger partial charge in [0.05, 0.1) is 0 Å². The Morgan fingerprint density at radius 3 is 2.60 bits per heavy atom. The fourth-order valence-electron chi connectivity index (χ4n) is 2.81. The second-order valence-corrected chi connectivity index (χ2v) is 5.40.